The molecule has 0 spiro atoms. The van der Waals surface area contributed by atoms with Crippen LogP contribution in [0.4, 0.5) is 17.1 Å². The highest BCUT2D eigenvalue weighted by Crippen LogP contribution is 2.43. The summed E-state index contributed by atoms with van der Waals surface area (Å²) in [6.45, 7) is 0. The molecule has 2 aromatic heterocycles. The Labute approximate surface area is 295 Å². The quantitative estimate of drug-likeness (QED) is 0.179. The Morgan fingerprint density at radius 3 is 1.39 bits per heavy atom. The van der Waals surface area contributed by atoms with E-state index < -0.39 is 0 Å². The summed E-state index contributed by atoms with van der Waals surface area (Å²) in [6, 6.07) is 66.2. The van der Waals surface area contributed by atoms with Crippen LogP contribution in [-0.4, -0.2) is 0 Å². The lowest BCUT2D eigenvalue weighted by Crippen LogP contribution is -2.09. The van der Waals surface area contributed by atoms with Crippen molar-refractivity contribution in [3.05, 3.63) is 188 Å². The third-order valence-electron chi connectivity index (χ3n) is 9.89. The predicted molar refractivity (Wildman–Crippen MR) is 212 cm³/mol. The second-order valence-corrected chi connectivity index (χ2v) is 12.9. The highest BCUT2D eigenvalue weighted by molar-refractivity contribution is 6.10. The summed E-state index contributed by atoms with van der Waals surface area (Å²) >= 11 is 0. The lowest BCUT2D eigenvalue weighted by Gasteiger charge is -2.26. The van der Waals surface area contributed by atoms with Gasteiger partial charge in [-0.15, -0.1) is 0 Å². The van der Waals surface area contributed by atoms with E-state index in [1.54, 1.807) is 0 Å². The topological polar surface area (TPSA) is 29.5 Å². The SMILES string of the molecule is c1ccc(-c2ccc(N(c3ccccc3)c3ccc(-c4cc5oc6ccccc6c5cc4-c4ccc5c(c4)oc4ccccc45)cc3)cc2)cc1. The van der Waals surface area contributed by atoms with Crippen LogP contribution < -0.4 is 4.90 Å². The van der Waals surface area contributed by atoms with E-state index >= 15 is 0 Å². The maximum atomic E-state index is 6.41. The number of hydrogen-bond acceptors (Lipinski definition) is 3. The predicted octanol–water partition coefficient (Wildman–Crippen LogP) is 14.0. The molecule has 10 aromatic rings. The van der Waals surface area contributed by atoms with Gasteiger partial charge in [-0.3, -0.25) is 0 Å². The Balaban J connectivity index is 1.10. The average molecular weight is 654 g/mol. The Bertz CT molecular complexity index is 2830. The Morgan fingerprint density at radius 2 is 0.725 bits per heavy atom. The molecule has 0 aliphatic carbocycles. The van der Waals surface area contributed by atoms with E-state index in [4.69, 9.17) is 8.83 Å². The molecule has 3 nitrogen and oxygen atoms in total. The molecular formula is C48H31NO2. The van der Waals surface area contributed by atoms with Crippen LogP contribution in [-0.2, 0) is 0 Å². The summed E-state index contributed by atoms with van der Waals surface area (Å²) in [6.07, 6.45) is 0. The number of benzene rings is 8. The number of fused-ring (bicyclic) bond motifs is 6. The fourth-order valence-electron chi connectivity index (χ4n) is 7.39. The molecule has 0 aliphatic rings. The number of hydrogen-bond donors (Lipinski definition) is 0. The molecular weight excluding hydrogens is 623 g/mol. The van der Waals surface area contributed by atoms with Crippen molar-refractivity contribution in [3.63, 3.8) is 0 Å². The van der Waals surface area contributed by atoms with Crippen LogP contribution in [0.2, 0.25) is 0 Å². The van der Waals surface area contributed by atoms with E-state index in [9.17, 15) is 0 Å². The standard InChI is InChI=1S/C48H31NO2/c1-3-11-32(12-4-1)33-19-24-37(25-20-33)49(36-13-5-2-6-14-36)38-26-21-34(22-27-38)43-31-48-44(40-16-8-10-18-46(40)51-48)30-42(43)35-23-28-41-39-15-7-9-17-45(39)50-47(41)29-35/h1-31H. The van der Waals surface area contributed by atoms with E-state index in [0.717, 1.165) is 83.2 Å². The second-order valence-electron chi connectivity index (χ2n) is 12.9. The first-order valence-electron chi connectivity index (χ1n) is 17.2. The van der Waals surface area contributed by atoms with Crippen molar-refractivity contribution in [3.8, 4) is 33.4 Å². The van der Waals surface area contributed by atoms with Gasteiger partial charge in [-0.2, -0.15) is 0 Å². The van der Waals surface area contributed by atoms with Gasteiger partial charge in [-0.05, 0) is 106 Å². The number of anilines is 3. The first-order valence-corrected chi connectivity index (χ1v) is 17.2. The van der Waals surface area contributed by atoms with Crippen LogP contribution in [0, 0.1) is 0 Å². The average Bonchev–Trinajstić information content (AvgIpc) is 3.76. The number of rotatable bonds is 6. The molecule has 3 heteroatoms. The fourth-order valence-corrected chi connectivity index (χ4v) is 7.39. The Morgan fingerprint density at radius 1 is 0.275 bits per heavy atom. The molecule has 0 N–H and O–H groups in total. The van der Waals surface area contributed by atoms with E-state index in [-0.39, 0.29) is 0 Å². The summed E-state index contributed by atoms with van der Waals surface area (Å²) in [4.78, 5) is 2.30. The van der Waals surface area contributed by atoms with Gasteiger partial charge >= 0.3 is 0 Å². The zero-order chi connectivity index (χ0) is 33.7. The third kappa shape index (κ3) is 5.06. The minimum Gasteiger partial charge on any atom is -0.456 e. The molecule has 0 saturated carbocycles. The monoisotopic (exact) mass is 653 g/mol. The van der Waals surface area contributed by atoms with Crippen LogP contribution in [0.1, 0.15) is 0 Å². The molecule has 0 fully saturated rings. The molecule has 240 valence electrons. The van der Waals surface area contributed by atoms with Gasteiger partial charge in [0.05, 0.1) is 0 Å². The van der Waals surface area contributed by atoms with Crippen molar-refractivity contribution in [1.29, 1.82) is 0 Å². The maximum Gasteiger partial charge on any atom is 0.136 e. The minimum atomic E-state index is 0.869. The molecule has 0 bridgehead atoms. The molecule has 2 heterocycles. The molecule has 0 unspecified atom stereocenters. The molecule has 0 atom stereocenters. The smallest absolute Gasteiger partial charge is 0.136 e. The van der Waals surface area contributed by atoms with E-state index in [1.165, 1.54) is 11.1 Å². The van der Waals surface area contributed by atoms with Gasteiger partial charge in [0.15, 0.2) is 0 Å². The number of para-hydroxylation sites is 3. The van der Waals surface area contributed by atoms with E-state index in [2.05, 4.69) is 169 Å². The van der Waals surface area contributed by atoms with Crippen LogP contribution >= 0.6 is 0 Å². The Kier molecular flexibility index (Phi) is 6.81. The lowest BCUT2D eigenvalue weighted by atomic mass is 9.92. The number of nitrogens with zero attached hydrogens (tertiary/aromatic N) is 1. The lowest BCUT2D eigenvalue weighted by molar-refractivity contribution is 0.669. The second kappa shape index (κ2) is 11.9. The highest BCUT2D eigenvalue weighted by atomic mass is 16.3. The summed E-state index contributed by atoms with van der Waals surface area (Å²) < 4.78 is 12.7. The Hall–Kier alpha value is -6.84. The largest absolute Gasteiger partial charge is 0.456 e. The van der Waals surface area contributed by atoms with Crippen molar-refractivity contribution in [2.75, 3.05) is 4.90 Å². The summed E-state index contributed by atoms with van der Waals surface area (Å²) in [7, 11) is 0. The van der Waals surface area contributed by atoms with Gasteiger partial charge in [0, 0.05) is 38.6 Å². The molecule has 0 aliphatic heterocycles. The first-order chi connectivity index (χ1) is 25.3. The molecule has 10 rings (SSSR count). The maximum absolute atomic E-state index is 6.41. The van der Waals surface area contributed by atoms with E-state index in [0.29, 0.717) is 0 Å². The van der Waals surface area contributed by atoms with Crippen molar-refractivity contribution in [2.45, 2.75) is 0 Å². The van der Waals surface area contributed by atoms with E-state index in [1.807, 2.05) is 24.3 Å². The van der Waals surface area contributed by atoms with Gasteiger partial charge in [0.1, 0.15) is 22.3 Å². The van der Waals surface area contributed by atoms with Gasteiger partial charge < -0.3 is 13.7 Å². The molecule has 51 heavy (non-hydrogen) atoms. The molecule has 0 saturated heterocycles. The van der Waals surface area contributed by atoms with Crippen molar-refractivity contribution < 1.29 is 8.83 Å². The minimum absolute atomic E-state index is 0.869. The van der Waals surface area contributed by atoms with Crippen LogP contribution in [0.5, 0.6) is 0 Å². The third-order valence-corrected chi connectivity index (χ3v) is 9.89. The zero-order valence-electron chi connectivity index (χ0n) is 27.7. The van der Waals surface area contributed by atoms with Crippen molar-refractivity contribution in [2.24, 2.45) is 0 Å². The summed E-state index contributed by atoms with van der Waals surface area (Å²) in [5.41, 5.74) is 13.6. The normalized spacial score (nSPS) is 11.5. The summed E-state index contributed by atoms with van der Waals surface area (Å²) in [5.74, 6) is 0. The van der Waals surface area contributed by atoms with Crippen LogP contribution in [0.25, 0.3) is 77.3 Å². The fraction of sp³-hybridized carbons (Fsp3) is 0. The molecule has 8 aromatic carbocycles. The van der Waals surface area contributed by atoms with Gasteiger partial charge in [0.25, 0.3) is 0 Å². The zero-order valence-corrected chi connectivity index (χ0v) is 27.7. The van der Waals surface area contributed by atoms with Gasteiger partial charge in [-0.25, -0.2) is 0 Å². The van der Waals surface area contributed by atoms with Gasteiger partial charge in [-0.1, -0.05) is 115 Å². The summed E-state index contributed by atoms with van der Waals surface area (Å²) in [5, 5.41) is 4.45. The van der Waals surface area contributed by atoms with Crippen LogP contribution in [0.3, 0.4) is 0 Å². The van der Waals surface area contributed by atoms with Crippen molar-refractivity contribution >= 4 is 60.9 Å². The van der Waals surface area contributed by atoms with Gasteiger partial charge in [0.2, 0.25) is 0 Å². The first kappa shape index (κ1) is 29.1. The molecule has 0 radical (unpaired) electrons. The van der Waals surface area contributed by atoms with Crippen LogP contribution in [0.15, 0.2) is 197 Å². The highest BCUT2D eigenvalue weighted by Gasteiger charge is 2.18. The van der Waals surface area contributed by atoms with Crippen molar-refractivity contribution in [1.82, 2.24) is 0 Å². The number of furan rings is 2. The molecule has 0 amide bonds.